The van der Waals surface area contributed by atoms with E-state index in [4.69, 9.17) is 9.73 Å². The van der Waals surface area contributed by atoms with Crippen LogP contribution in [0.4, 0.5) is 0 Å². The highest BCUT2D eigenvalue weighted by Gasteiger charge is 2.14. The number of nitrogens with zero attached hydrogens (tertiary/aromatic N) is 5. The number of aryl methyl sites for hydroxylation is 1. The molecule has 0 spiro atoms. The van der Waals surface area contributed by atoms with Gasteiger partial charge in [0.15, 0.2) is 11.8 Å². The van der Waals surface area contributed by atoms with Crippen LogP contribution in [-0.2, 0) is 18.3 Å². The number of nitrogens with one attached hydrogen (secondary N) is 2. The number of hydrogen-bond acceptors (Lipinski definition) is 5. The lowest BCUT2D eigenvalue weighted by molar-refractivity contribution is 0.0389. The quantitative estimate of drug-likeness (QED) is 0.275. The molecule has 1 fully saturated rings. The molecule has 2 heterocycles. The van der Waals surface area contributed by atoms with Crippen LogP contribution < -0.4 is 10.6 Å². The Morgan fingerprint density at radius 1 is 1.27 bits per heavy atom. The van der Waals surface area contributed by atoms with Crippen molar-refractivity contribution in [1.29, 1.82) is 0 Å². The number of aliphatic imine (C=N–C) groups is 1. The van der Waals surface area contributed by atoms with Gasteiger partial charge >= 0.3 is 0 Å². The van der Waals surface area contributed by atoms with Gasteiger partial charge in [0.25, 0.3) is 0 Å². The van der Waals surface area contributed by atoms with Gasteiger partial charge in [-0.2, -0.15) is 0 Å². The predicted molar refractivity (Wildman–Crippen MR) is 113 cm³/mol. The number of aromatic nitrogens is 3. The summed E-state index contributed by atoms with van der Waals surface area (Å²) >= 11 is 0. The Kier molecular flexibility index (Phi) is 8.79. The molecule has 2 N–H and O–H groups in total. The summed E-state index contributed by atoms with van der Waals surface area (Å²) in [5, 5.41) is 15.3. The van der Waals surface area contributed by atoms with Crippen LogP contribution in [-0.4, -0.2) is 71.1 Å². The van der Waals surface area contributed by atoms with Crippen LogP contribution >= 0.6 is 24.0 Å². The SMILES string of the molecule is Cc1nnc(CN=C(NCCN2CCOCC2)NC2CC=CC2)n1C.I. The standard InChI is InChI=1S/C17H29N7O.HI/c1-14-21-22-16(23(14)2)13-19-17(20-15-5-3-4-6-15)18-7-8-24-9-11-25-12-10-24;/h3-4,15H,5-13H2,1-2H3,(H2,18,19,20);1H. The molecule has 1 aliphatic carbocycles. The Balaban J connectivity index is 0.00000243. The first-order chi connectivity index (χ1) is 12.2. The molecule has 9 heteroatoms. The average Bonchev–Trinajstić information content (AvgIpc) is 3.25. The fourth-order valence-corrected chi connectivity index (χ4v) is 2.98. The minimum Gasteiger partial charge on any atom is -0.379 e. The molecule has 3 rings (SSSR count). The molecule has 0 amide bonds. The van der Waals surface area contributed by atoms with Crippen molar-refractivity contribution in [1.82, 2.24) is 30.3 Å². The Labute approximate surface area is 172 Å². The topological polar surface area (TPSA) is 79.6 Å². The fraction of sp³-hybridized carbons (Fsp3) is 0.706. The van der Waals surface area contributed by atoms with Crippen molar-refractivity contribution >= 4 is 29.9 Å². The summed E-state index contributed by atoms with van der Waals surface area (Å²) in [6.07, 6.45) is 6.53. The Bertz CT molecular complexity index is 602. The minimum atomic E-state index is 0. The van der Waals surface area contributed by atoms with Crippen molar-refractivity contribution in [3.05, 3.63) is 23.8 Å². The third-order valence-electron chi connectivity index (χ3n) is 4.73. The van der Waals surface area contributed by atoms with E-state index in [-0.39, 0.29) is 24.0 Å². The number of guanidine groups is 1. The second-order valence-electron chi connectivity index (χ2n) is 6.55. The number of ether oxygens (including phenoxy) is 1. The third kappa shape index (κ3) is 6.20. The molecular weight excluding hydrogens is 445 g/mol. The summed E-state index contributed by atoms with van der Waals surface area (Å²) in [6, 6.07) is 0.427. The van der Waals surface area contributed by atoms with Crippen LogP contribution in [0.5, 0.6) is 0 Å². The van der Waals surface area contributed by atoms with E-state index in [0.717, 1.165) is 69.8 Å². The van der Waals surface area contributed by atoms with Gasteiger partial charge in [-0.15, -0.1) is 34.2 Å². The summed E-state index contributed by atoms with van der Waals surface area (Å²) < 4.78 is 7.37. The highest BCUT2D eigenvalue weighted by molar-refractivity contribution is 14.0. The maximum atomic E-state index is 5.40. The van der Waals surface area contributed by atoms with Gasteiger partial charge in [0.05, 0.1) is 13.2 Å². The summed E-state index contributed by atoms with van der Waals surface area (Å²) in [6.45, 7) is 8.00. The van der Waals surface area contributed by atoms with Crippen LogP contribution in [0.3, 0.4) is 0 Å². The second kappa shape index (κ2) is 10.8. The van der Waals surface area contributed by atoms with Gasteiger partial charge in [0.1, 0.15) is 12.4 Å². The molecule has 0 aromatic carbocycles. The van der Waals surface area contributed by atoms with E-state index in [2.05, 4.69) is 37.9 Å². The maximum Gasteiger partial charge on any atom is 0.191 e. The molecule has 2 aliphatic rings. The molecule has 146 valence electrons. The molecule has 0 saturated carbocycles. The van der Waals surface area contributed by atoms with Gasteiger partial charge in [-0.3, -0.25) is 4.90 Å². The summed E-state index contributed by atoms with van der Waals surface area (Å²) in [5.41, 5.74) is 0. The summed E-state index contributed by atoms with van der Waals surface area (Å²) in [5.74, 6) is 2.62. The molecule has 0 bridgehead atoms. The van der Waals surface area contributed by atoms with Crippen LogP contribution in [0.15, 0.2) is 17.1 Å². The van der Waals surface area contributed by atoms with Gasteiger partial charge in [-0.05, 0) is 19.8 Å². The van der Waals surface area contributed by atoms with E-state index in [1.807, 2.05) is 18.5 Å². The smallest absolute Gasteiger partial charge is 0.191 e. The number of hydrogen-bond donors (Lipinski definition) is 2. The Hall–Kier alpha value is -1.20. The first-order valence-electron chi connectivity index (χ1n) is 9.07. The number of halogens is 1. The van der Waals surface area contributed by atoms with Crippen molar-refractivity contribution in [3.8, 4) is 0 Å². The molecule has 1 saturated heterocycles. The highest BCUT2D eigenvalue weighted by atomic mass is 127. The second-order valence-corrected chi connectivity index (χ2v) is 6.55. The monoisotopic (exact) mass is 475 g/mol. The minimum absolute atomic E-state index is 0. The Morgan fingerprint density at radius 3 is 2.65 bits per heavy atom. The largest absolute Gasteiger partial charge is 0.379 e. The molecule has 1 aliphatic heterocycles. The molecule has 26 heavy (non-hydrogen) atoms. The molecule has 0 atom stereocenters. The van der Waals surface area contributed by atoms with Gasteiger partial charge in [-0.25, -0.2) is 4.99 Å². The summed E-state index contributed by atoms with van der Waals surface area (Å²) in [7, 11) is 1.97. The van der Waals surface area contributed by atoms with Crippen molar-refractivity contribution in [2.75, 3.05) is 39.4 Å². The van der Waals surface area contributed by atoms with Crippen molar-refractivity contribution in [2.45, 2.75) is 32.4 Å². The number of morpholine rings is 1. The summed E-state index contributed by atoms with van der Waals surface area (Å²) in [4.78, 5) is 7.13. The third-order valence-corrected chi connectivity index (χ3v) is 4.73. The van der Waals surface area contributed by atoms with Gasteiger partial charge in [-0.1, -0.05) is 12.2 Å². The first kappa shape index (κ1) is 21.1. The number of rotatable bonds is 6. The van der Waals surface area contributed by atoms with E-state index >= 15 is 0 Å². The molecule has 1 aromatic rings. The zero-order chi connectivity index (χ0) is 17.5. The predicted octanol–water partition coefficient (Wildman–Crippen LogP) is 0.828. The van der Waals surface area contributed by atoms with Crippen molar-refractivity contribution in [3.63, 3.8) is 0 Å². The lowest BCUT2D eigenvalue weighted by atomic mass is 10.2. The Morgan fingerprint density at radius 2 is 2.00 bits per heavy atom. The van der Waals surface area contributed by atoms with E-state index in [1.54, 1.807) is 0 Å². The van der Waals surface area contributed by atoms with Gasteiger partial charge in [0.2, 0.25) is 0 Å². The maximum absolute atomic E-state index is 5.40. The van der Waals surface area contributed by atoms with Crippen LogP contribution in [0, 0.1) is 6.92 Å². The fourth-order valence-electron chi connectivity index (χ4n) is 2.98. The van der Waals surface area contributed by atoms with E-state index in [1.165, 1.54) is 0 Å². The molecule has 8 nitrogen and oxygen atoms in total. The first-order valence-corrected chi connectivity index (χ1v) is 9.07. The van der Waals surface area contributed by atoms with Crippen LogP contribution in [0.25, 0.3) is 0 Å². The van der Waals surface area contributed by atoms with E-state index in [0.29, 0.717) is 12.6 Å². The zero-order valence-corrected chi connectivity index (χ0v) is 18.0. The van der Waals surface area contributed by atoms with Crippen molar-refractivity contribution < 1.29 is 4.74 Å². The lowest BCUT2D eigenvalue weighted by Gasteiger charge is -2.27. The van der Waals surface area contributed by atoms with E-state index < -0.39 is 0 Å². The molecule has 1 aromatic heterocycles. The lowest BCUT2D eigenvalue weighted by Crippen LogP contribution is -2.46. The van der Waals surface area contributed by atoms with E-state index in [9.17, 15) is 0 Å². The average molecular weight is 475 g/mol. The zero-order valence-electron chi connectivity index (χ0n) is 15.6. The normalized spacial score (nSPS) is 18.8. The van der Waals surface area contributed by atoms with Gasteiger partial charge in [0, 0.05) is 39.3 Å². The molecular formula is C17H30IN7O. The molecule has 0 radical (unpaired) electrons. The van der Waals surface area contributed by atoms with Crippen molar-refractivity contribution in [2.24, 2.45) is 12.0 Å². The molecule has 0 unspecified atom stereocenters. The van der Waals surface area contributed by atoms with Gasteiger partial charge < -0.3 is 19.9 Å². The van der Waals surface area contributed by atoms with Crippen LogP contribution in [0.2, 0.25) is 0 Å². The van der Waals surface area contributed by atoms with Crippen LogP contribution in [0.1, 0.15) is 24.5 Å². The highest BCUT2D eigenvalue weighted by Crippen LogP contribution is 2.09.